The van der Waals surface area contributed by atoms with E-state index in [-0.39, 0.29) is 29.0 Å². The number of aliphatic hydroxyl groups excluding tert-OH is 1. The molecule has 0 saturated carbocycles. The lowest BCUT2D eigenvalue weighted by Crippen LogP contribution is -2.39. The fraction of sp³-hybridized carbons (Fsp3) is 0.538. The van der Waals surface area contributed by atoms with Crippen LogP contribution in [0.2, 0.25) is 10.0 Å². The third-order valence-electron chi connectivity index (χ3n) is 3.07. The van der Waals surface area contributed by atoms with Crippen LogP contribution in [0.3, 0.4) is 0 Å². The van der Waals surface area contributed by atoms with E-state index in [0.717, 1.165) is 0 Å². The van der Waals surface area contributed by atoms with Gasteiger partial charge in [0.25, 0.3) is 0 Å². The lowest BCUT2D eigenvalue weighted by molar-refractivity contribution is 0.272. The van der Waals surface area contributed by atoms with Crippen LogP contribution in [-0.4, -0.2) is 29.3 Å². The van der Waals surface area contributed by atoms with Crippen LogP contribution < -0.4 is 5.32 Å². The lowest BCUT2D eigenvalue weighted by atomic mass is 10.1. The first-order chi connectivity index (χ1) is 8.92. The minimum absolute atomic E-state index is 0.0457. The Bertz CT molecular complexity index is 429. The Balaban J connectivity index is 2.89. The Morgan fingerprint density at radius 1 is 1.37 bits per heavy atom. The van der Waals surface area contributed by atoms with Crippen molar-refractivity contribution in [3.63, 3.8) is 0 Å². The average Bonchev–Trinajstić information content (AvgIpc) is 2.36. The summed E-state index contributed by atoms with van der Waals surface area (Å²) in [7, 11) is 0. The molecule has 3 atom stereocenters. The van der Waals surface area contributed by atoms with Gasteiger partial charge in [-0.15, -0.1) is 0 Å². The van der Waals surface area contributed by atoms with E-state index in [0.29, 0.717) is 10.6 Å². The summed E-state index contributed by atoms with van der Waals surface area (Å²) in [4.78, 5) is 0. The van der Waals surface area contributed by atoms with Crippen LogP contribution in [0, 0.1) is 5.82 Å². The van der Waals surface area contributed by atoms with Crippen molar-refractivity contribution in [2.75, 3.05) is 12.9 Å². The second-order valence-electron chi connectivity index (χ2n) is 4.39. The van der Waals surface area contributed by atoms with Crippen LogP contribution in [0.4, 0.5) is 4.39 Å². The first-order valence-electron chi connectivity index (χ1n) is 5.95. The second kappa shape index (κ2) is 7.70. The quantitative estimate of drug-likeness (QED) is 0.778. The maximum Gasteiger partial charge on any atom is 0.142 e. The Kier molecular flexibility index (Phi) is 6.91. The molecule has 0 heterocycles. The SMILES string of the molecule is CSC(CO)C(C)NC(C)c1c(Cl)ccc(F)c1Cl. The molecule has 2 nitrogen and oxygen atoms in total. The Hall–Kier alpha value is -0.0000000000000000555. The predicted octanol–water partition coefficient (Wildman–Crippen LogP) is 3.90. The van der Waals surface area contributed by atoms with Gasteiger partial charge in [0.15, 0.2) is 0 Å². The molecule has 1 aromatic carbocycles. The average molecular weight is 326 g/mol. The van der Waals surface area contributed by atoms with Crippen LogP contribution in [0.1, 0.15) is 25.5 Å². The standard InChI is InChI=1S/C13H18Cl2FNOS/c1-7(11(6-18)19-3)17-8(2)12-9(14)4-5-10(16)13(12)15/h4-5,7-8,11,17-18H,6H2,1-3H3. The summed E-state index contributed by atoms with van der Waals surface area (Å²) in [5, 5.41) is 13.1. The molecule has 0 amide bonds. The second-order valence-corrected chi connectivity index (χ2v) is 6.25. The van der Waals surface area contributed by atoms with Gasteiger partial charge in [-0.05, 0) is 32.2 Å². The zero-order valence-corrected chi connectivity index (χ0v) is 13.4. The van der Waals surface area contributed by atoms with Crippen molar-refractivity contribution in [2.24, 2.45) is 0 Å². The summed E-state index contributed by atoms with van der Waals surface area (Å²) in [6.45, 7) is 3.92. The third kappa shape index (κ3) is 4.23. The van der Waals surface area contributed by atoms with E-state index in [2.05, 4.69) is 5.32 Å². The molecule has 1 rings (SSSR count). The van der Waals surface area contributed by atoms with E-state index in [9.17, 15) is 9.50 Å². The molecule has 0 radical (unpaired) electrons. The highest BCUT2D eigenvalue weighted by Gasteiger charge is 2.22. The van der Waals surface area contributed by atoms with E-state index in [1.165, 1.54) is 12.1 Å². The van der Waals surface area contributed by atoms with Gasteiger partial charge < -0.3 is 10.4 Å². The van der Waals surface area contributed by atoms with Crippen LogP contribution in [0.25, 0.3) is 0 Å². The minimum Gasteiger partial charge on any atom is -0.395 e. The van der Waals surface area contributed by atoms with E-state index in [1.807, 2.05) is 20.1 Å². The number of hydrogen-bond acceptors (Lipinski definition) is 3. The number of thioether (sulfide) groups is 1. The summed E-state index contributed by atoms with van der Waals surface area (Å²) in [5.74, 6) is -0.481. The molecule has 1 aromatic rings. The Morgan fingerprint density at radius 2 is 2.00 bits per heavy atom. The van der Waals surface area contributed by atoms with Crippen molar-refractivity contribution in [3.05, 3.63) is 33.6 Å². The lowest BCUT2D eigenvalue weighted by Gasteiger charge is -2.26. The van der Waals surface area contributed by atoms with Gasteiger partial charge >= 0.3 is 0 Å². The molecule has 3 unspecified atom stereocenters. The first kappa shape index (κ1) is 17.1. The van der Waals surface area contributed by atoms with Crippen molar-refractivity contribution in [1.82, 2.24) is 5.32 Å². The molecule has 0 spiro atoms. The van der Waals surface area contributed by atoms with Gasteiger partial charge in [-0.1, -0.05) is 23.2 Å². The van der Waals surface area contributed by atoms with Gasteiger partial charge in [0.05, 0.1) is 11.6 Å². The van der Waals surface area contributed by atoms with Gasteiger partial charge in [-0.25, -0.2) is 4.39 Å². The van der Waals surface area contributed by atoms with Gasteiger partial charge in [0.2, 0.25) is 0 Å². The number of hydrogen-bond donors (Lipinski definition) is 2. The molecule has 6 heteroatoms. The van der Waals surface area contributed by atoms with E-state index < -0.39 is 5.82 Å². The molecule has 0 fully saturated rings. The number of aliphatic hydroxyl groups is 1. The molecule has 0 saturated heterocycles. The van der Waals surface area contributed by atoms with Gasteiger partial charge in [0.1, 0.15) is 5.82 Å². The molecule has 0 aliphatic rings. The van der Waals surface area contributed by atoms with Crippen molar-refractivity contribution in [3.8, 4) is 0 Å². The van der Waals surface area contributed by atoms with Crippen LogP contribution in [0.5, 0.6) is 0 Å². The molecule has 0 bridgehead atoms. The first-order valence-corrected chi connectivity index (χ1v) is 7.99. The number of nitrogens with one attached hydrogen (secondary N) is 1. The van der Waals surface area contributed by atoms with E-state index in [4.69, 9.17) is 23.2 Å². The third-order valence-corrected chi connectivity index (χ3v) is 4.94. The minimum atomic E-state index is -0.481. The highest BCUT2D eigenvalue weighted by Crippen LogP contribution is 2.32. The summed E-state index contributed by atoms with van der Waals surface area (Å²) in [5.41, 5.74) is 0.549. The van der Waals surface area contributed by atoms with Crippen molar-refractivity contribution >= 4 is 35.0 Å². The van der Waals surface area contributed by atoms with Crippen LogP contribution in [0.15, 0.2) is 12.1 Å². The van der Waals surface area contributed by atoms with Crippen LogP contribution in [-0.2, 0) is 0 Å². The smallest absolute Gasteiger partial charge is 0.142 e. The summed E-state index contributed by atoms with van der Waals surface area (Å²) < 4.78 is 13.5. The summed E-state index contributed by atoms with van der Waals surface area (Å²) >= 11 is 13.6. The number of halogens is 3. The highest BCUT2D eigenvalue weighted by molar-refractivity contribution is 7.99. The highest BCUT2D eigenvalue weighted by atomic mass is 35.5. The Labute approximate surface area is 127 Å². The molecule has 0 aromatic heterocycles. The predicted molar refractivity (Wildman–Crippen MR) is 81.8 cm³/mol. The summed E-state index contributed by atoms with van der Waals surface area (Å²) in [6.07, 6.45) is 1.94. The van der Waals surface area contributed by atoms with E-state index in [1.54, 1.807) is 11.8 Å². The molecular formula is C13H18Cl2FNOS. The fourth-order valence-electron chi connectivity index (χ4n) is 1.96. The topological polar surface area (TPSA) is 32.3 Å². The largest absolute Gasteiger partial charge is 0.395 e. The Morgan fingerprint density at radius 3 is 2.53 bits per heavy atom. The number of benzene rings is 1. The molecule has 0 aliphatic carbocycles. The molecule has 108 valence electrons. The molecule has 2 N–H and O–H groups in total. The van der Waals surface area contributed by atoms with Crippen molar-refractivity contribution in [1.29, 1.82) is 0 Å². The van der Waals surface area contributed by atoms with Gasteiger partial charge in [-0.3, -0.25) is 0 Å². The fourth-order valence-corrected chi connectivity index (χ4v) is 3.30. The zero-order chi connectivity index (χ0) is 14.6. The van der Waals surface area contributed by atoms with Crippen molar-refractivity contribution < 1.29 is 9.50 Å². The van der Waals surface area contributed by atoms with Crippen molar-refractivity contribution in [2.45, 2.75) is 31.2 Å². The molecule has 0 aliphatic heterocycles. The monoisotopic (exact) mass is 325 g/mol. The normalized spacial score (nSPS) is 16.2. The summed E-state index contributed by atoms with van der Waals surface area (Å²) in [6, 6.07) is 2.60. The maximum atomic E-state index is 13.5. The number of rotatable bonds is 6. The molecular weight excluding hydrogens is 308 g/mol. The molecule has 19 heavy (non-hydrogen) atoms. The van der Waals surface area contributed by atoms with Gasteiger partial charge in [0, 0.05) is 27.9 Å². The van der Waals surface area contributed by atoms with Gasteiger partial charge in [-0.2, -0.15) is 11.8 Å². The van der Waals surface area contributed by atoms with E-state index >= 15 is 0 Å². The zero-order valence-electron chi connectivity index (χ0n) is 11.1. The maximum absolute atomic E-state index is 13.5. The van der Waals surface area contributed by atoms with Crippen LogP contribution >= 0.6 is 35.0 Å².